The van der Waals surface area contributed by atoms with E-state index in [9.17, 15) is 4.79 Å². The molecular formula is C13H22N2O3. The number of nitrogen functional groups attached to an aromatic ring is 1. The number of hydrogen-bond donors (Lipinski definition) is 1. The molecule has 1 heterocycles. The maximum Gasteiger partial charge on any atom is 0.362 e. The van der Waals surface area contributed by atoms with Crippen molar-refractivity contribution in [3.05, 3.63) is 11.6 Å². The summed E-state index contributed by atoms with van der Waals surface area (Å²) in [6.45, 7) is 10.6. The first-order valence-electron chi connectivity index (χ1n) is 6.18. The van der Waals surface area contributed by atoms with Crippen molar-refractivity contribution in [1.82, 2.24) is 4.98 Å². The predicted octanol–water partition coefficient (Wildman–Crippen LogP) is 2.66. The highest BCUT2D eigenvalue weighted by Crippen LogP contribution is 2.29. The van der Waals surface area contributed by atoms with Crippen molar-refractivity contribution in [2.75, 3.05) is 12.3 Å². The number of carbonyl (C=O) groups excluding carboxylic acids is 1. The molecule has 0 spiro atoms. The van der Waals surface area contributed by atoms with Crippen LogP contribution in [0.1, 0.15) is 51.0 Å². The average Bonchev–Trinajstić information content (AvgIpc) is 2.58. The molecule has 0 saturated heterocycles. The minimum atomic E-state index is -0.534. The molecule has 2 N–H and O–H groups in total. The number of ether oxygens (including phenoxy) is 1. The van der Waals surface area contributed by atoms with Crippen molar-refractivity contribution in [3.63, 3.8) is 0 Å². The van der Waals surface area contributed by atoms with Gasteiger partial charge in [-0.05, 0) is 18.3 Å². The summed E-state index contributed by atoms with van der Waals surface area (Å²) in [5.41, 5.74) is 5.85. The van der Waals surface area contributed by atoms with E-state index in [1.807, 2.05) is 0 Å². The Bertz CT molecular complexity index is 418. The SMILES string of the molecule is CCOC(=O)c1nc(CC(C)C(C)(C)C)oc1N. The van der Waals surface area contributed by atoms with Crippen LogP contribution in [-0.2, 0) is 11.2 Å². The van der Waals surface area contributed by atoms with Gasteiger partial charge in [-0.15, -0.1) is 0 Å². The molecule has 0 aromatic carbocycles. The molecule has 1 atom stereocenters. The molecule has 1 aromatic rings. The Morgan fingerprint density at radius 2 is 2.11 bits per heavy atom. The average molecular weight is 254 g/mol. The fraction of sp³-hybridized carbons (Fsp3) is 0.692. The maximum atomic E-state index is 11.5. The van der Waals surface area contributed by atoms with Gasteiger partial charge in [0.2, 0.25) is 11.6 Å². The van der Waals surface area contributed by atoms with Gasteiger partial charge in [0.15, 0.2) is 5.89 Å². The molecule has 18 heavy (non-hydrogen) atoms. The van der Waals surface area contributed by atoms with Crippen molar-refractivity contribution in [3.8, 4) is 0 Å². The van der Waals surface area contributed by atoms with Crippen LogP contribution in [0.3, 0.4) is 0 Å². The summed E-state index contributed by atoms with van der Waals surface area (Å²) in [6, 6.07) is 0. The van der Waals surface area contributed by atoms with Crippen LogP contribution in [0.2, 0.25) is 0 Å². The minimum Gasteiger partial charge on any atom is -0.461 e. The van der Waals surface area contributed by atoms with Crippen LogP contribution >= 0.6 is 0 Å². The summed E-state index contributed by atoms with van der Waals surface area (Å²) >= 11 is 0. The molecule has 1 unspecified atom stereocenters. The molecule has 102 valence electrons. The van der Waals surface area contributed by atoms with Crippen molar-refractivity contribution >= 4 is 11.9 Å². The molecule has 0 saturated carbocycles. The van der Waals surface area contributed by atoms with Crippen LogP contribution in [0.25, 0.3) is 0 Å². The third-order valence-corrected chi connectivity index (χ3v) is 3.13. The van der Waals surface area contributed by atoms with Crippen molar-refractivity contribution in [2.45, 2.75) is 41.0 Å². The van der Waals surface area contributed by atoms with E-state index >= 15 is 0 Å². The number of anilines is 1. The second-order valence-corrected chi connectivity index (χ2v) is 5.51. The van der Waals surface area contributed by atoms with Crippen molar-refractivity contribution in [1.29, 1.82) is 0 Å². The number of hydrogen-bond acceptors (Lipinski definition) is 5. The van der Waals surface area contributed by atoms with Gasteiger partial charge in [-0.1, -0.05) is 27.7 Å². The first-order chi connectivity index (χ1) is 8.25. The van der Waals surface area contributed by atoms with Gasteiger partial charge in [-0.2, -0.15) is 0 Å². The standard InChI is InChI=1S/C13H22N2O3/c1-6-17-12(16)10-11(14)18-9(15-10)7-8(2)13(3,4)5/h8H,6-7,14H2,1-5H3. The number of aromatic nitrogens is 1. The van der Waals surface area contributed by atoms with Crippen LogP contribution in [0.15, 0.2) is 4.42 Å². The van der Waals surface area contributed by atoms with Gasteiger partial charge >= 0.3 is 5.97 Å². The van der Waals surface area contributed by atoms with Gasteiger partial charge in [0.25, 0.3) is 0 Å². The van der Waals surface area contributed by atoms with Gasteiger partial charge < -0.3 is 14.9 Å². The highest BCUT2D eigenvalue weighted by atomic mass is 16.5. The Kier molecular flexibility index (Phi) is 4.38. The van der Waals surface area contributed by atoms with Crippen LogP contribution in [0.4, 0.5) is 5.88 Å². The highest BCUT2D eigenvalue weighted by molar-refractivity contribution is 5.91. The third kappa shape index (κ3) is 3.48. The zero-order chi connectivity index (χ0) is 13.9. The Morgan fingerprint density at radius 1 is 1.50 bits per heavy atom. The quantitative estimate of drug-likeness (QED) is 0.836. The zero-order valence-electron chi connectivity index (χ0n) is 11.7. The number of rotatable bonds is 4. The zero-order valence-corrected chi connectivity index (χ0v) is 11.7. The number of nitrogens with zero attached hydrogens (tertiary/aromatic N) is 1. The molecule has 0 fully saturated rings. The first kappa shape index (κ1) is 14.5. The summed E-state index contributed by atoms with van der Waals surface area (Å²) in [6.07, 6.45) is 0.646. The number of esters is 1. The normalized spacial score (nSPS) is 13.4. The van der Waals surface area contributed by atoms with Crippen molar-refractivity contribution < 1.29 is 13.9 Å². The lowest BCUT2D eigenvalue weighted by molar-refractivity contribution is 0.0521. The topological polar surface area (TPSA) is 78.3 Å². The summed E-state index contributed by atoms with van der Waals surface area (Å²) < 4.78 is 10.2. The maximum absolute atomic E-state index is 11.5. The van der Waals surface area contributed by atoms with Gasteiger partial charge in [0.05, 0.1) is 6.61 Å². The minimum absolute atomic E-state index is 0.0320. The monoisotopic (exact) mass is 254 g/mol. The van der Waals surface area contributed by atoms with E-state index in [4.69, 9.17) is 14.9 Å². The van der Waals surface area contributed by atoms with Gasteiger partial charge in [0.1, 0.15) is 0 Å². The summed E-state index contributed by atoms with van der Waals surface area (Å²) in [4.78, 5) is 15.7. The smallest absolute Gasteiger partial charge is 0.362 e. The second-order valence-electron chi connectivity index (χ2n) is 5.51. The molecule has 1 aromatic heterocycles. The molecule has 5 nitrogen and oxygen atoms in total. The van der Waals surface area contributed by atoms with E-state index in [2.05, 4.69) is 32.7 Å². The molecule has 0 radical (unpaired) electrons. The number of nitrogens with two attached hydrogens (primary N) is 1. The van der Waals surface area contributed by atoms with E-state index in [-0.39, 0.29) is 17.0 Å². The van der Waals surface area contributed by atoms with Gasteiger partial charge in [0, 0.05) is 6.42 Å². The van der Waals surface area contributed by atoms with E-state index in [1.54, 1.807) is 6.92 Å². The fourth-order valence-electron chi connectivity index (χ4n) is 1.38. The summed E-state index contributed by atoms with van der Waals surface area (Å²) in [7, 11) is 0. The lowest BCUT2D eigenvalue weighted by atomic mass is 9.80. The molecule has 0 aliphatic heterocycles. The Labute approximate surface area is 108 Å². The number of oxazole rings is 1. The van der Waals surface area contributed by atoms with E-state index in [1.165, 1.54) is 0 Å². The van der Waals surface area contributed by atoms with E-state index in [0.717, 1.165) is 0 Å². The summed E-state index contributed by atoms with van der Waals surface area (Å²) in [5, 5.41) is 0. The van der Waals surface area contributed by atoms with Crippen LogP contribution in [0, 0.1) is 11.3 Å². The second kappa shape index (κ2) is 5.42. The van der Waals surface area contributed by atoms with Gasteiger partial charge in [-0.3, -0.25) is 0 Å². The molecule has 0 bridgehead atoms. The first-order valence-corrected chi connectivity index (χ1v) is 6.18. The third-order valence-electron chi connectivity index (χ3n) is 3.13. The molecule has 0 aliphatic rings. The largest absolute Gasteiger partial charge is 0.461 e. The Hall–Kier alpha value is -1.52. The lowest BCUT2D eigenvalue weighted by Crippen LogP contribution is -2.19. The van der Waals surface area contributed by atoms with Crippen LogP contribution in [0.5, 0.6) is 0 Å². The van der Waals surface area contributed by atoms with E-state index < -0.39 is 5.97 Å². The van der Waals surface area contributed by atoms with Crippen molar-refractivity contribution in [2.24, 2.45) is 11.3 Å². The fourth-order valence-corrected chi connectivity index (χ4v) is 1.38. The van der Waals surface area contributed by atoms with E-state index in [0.29, 0.717) is 24.8 Å². The molecule has 0 aliphatic carbocycles. The molecule has 5 heteroatoms. The molecular weight excluding hydrogens is 232 g/mol. The van der Waals surface area contributed by atoms with Gasteiger partial charge in [-0.25, -0.2) is 9.78 Å². The Balaban J connectivity index is 2.82. The Morgan fingerprint density at radius 3 is 2.61 bits per heavy atom. The molecule has 0 amide bonds. The lowest BCUT2D eigenvalue weighted by Gasteiger charge is -2.25. The highest BCUT2D eigenvalue weighted by Gasteiger charge is 2.25. The molecule has 1 rings (SSSR count). The number of carbonyl (C=O) groups is 1. The van der Waals surface area contributed by atoms with Crippen LogP contribution < -0.4 is 5.73 Å². The van der Waals surface area contributed by atoms with Crippen LogP contribution in [-0.4, -0.2) is 17.6 Å². The predicted molar refractivity (Wildman–Crippen MR) is 69.2 cm³/mol. The summed E-state index contributed by atoms with van der Waals surface area (Å²) in [5.74, 6) is 0.349.